The first-order valence-corrected chi connectivity index (χ1v) is 12.5. The first-order chi connectivity index (χ1) is 16.7. The Bertz CT molecular complexity index is 1120. The SMILES string of the molecule is CCn1nccc1CNC(=O)C1(Oc2ccc3c(c2)CCC(c2ccccc2)O3)CCCCC1. The van der Waals surface area contributed by atoms with E-state index in [1.165, 1.54) is 5.56 Å². The Morgan fingerprint density at radius 1 is 1.15 bits per heavy atom. The molecule has 2 aliphatic rings. The topological polar surface area (TPSA) is 65.4 Å². The second kappa shape index (κ2) is 9.92. The summed E-state index contributed by atoms with van der Waals surface area (Å²) in [6.45, 7) is 3.28. The van der Waals surface area contributed by atoms with Gasteiger partial charge in [0.15, 0.2) is 5.60 Å². The third-order valence-corrected chi connectivity index (χ3v) is 7.07. The molecule has 1 aliphatic carbocycles. The van der Waals surface area contributed by atoms with Gasteiger partial charge in [-0.15, -0.1) is 0 Å². The second-order valence-corrected chi connectivity index (χ2v) is 9.30. The lowest BCUT2D eigenvalue weighted by molar-refractivity contribution is -0.140. The Labute approximate surface area is 201 Å². The molecule has 178 valence electrons. The maximum atomic E-state index is 13.4. The van der Waals surface area contributed by atoms with E-state index in [2.05, 4.69) is 40.7 Å². The molecule has 0 spiro atoms. The molecule has 34 heavy (non-hydrogen) atoms. The molecule has 6 nitrogen and oxygen atoms in total. The smallest absolute Gasteiger partial charge is 0.264 e. The van der Waals surface area contributed by atoms with E-state index in [1.54, 1.807) is 6.20 Å². The lowest BCUT2D eigenvalue weighted by Gasteiger charge is -2.36. The summed E-state index contributed by atoms with van der Waals surface area (Å²) in [5.74, 6) is 1.62. The van der Waals surface area contributed by atoms with Gasteiger partial charge in [0.25, 0.3) is 5.91 Å². The molecule has 0 bridgehead atoms. The van der Waals surface area contributed by atoms with E-state index in [0.29, 0.717) is 6.54 Å². The maximum absolute atomic E-state index is 13.4. The van der Waals surface area contributed by atoms with Crippen molar-refractivity contribution in [2.75, 3.05) is 0 Å². The molecule has 1 atom stereocenters. The Kier molecular flexibility index (Phi) is 6.57. The van der Waals surface area contributed by atoms with Crippen LogP contribution in [0.15, 0.2) is 60.8 Å². The van der Waals surface area contributed by atoms with Crippen molar-refractivity contribution in [3.8, 4) is 11.5 Å². The zero-order valence-electron chi connectivity index (χ0n) is 19.8. The minimum absolute atomic E-state index is 0.0332. The molecule has 1 fully saturated rings. The molecule has 1 saturated carbocycles. The number of fused-ring (bicyclic) bond motifs is 1. The minimum atomic E-state index is -0.828. The van der Waals surface area contributed by atoms with Gasteiger partial charge in [0, 0.05) is 12.7 Å². The van der Waals surface area contributed by atoms with Crippen LogP contribution in [0.25, 0.3) is 0 Å². The number of carbonyl (C=O) groups is 1. The van der Waals surface area contributed by atoms with Crippen LogP contribution in [0, 0.1) is 0 Å². The van der Waals surface area contributed by atoms with E-state index >= 15 is 0 Å². The number of nitrogens with zero attached hydrogens (tertiary/aromatic N) is 2. The monoisotopic (exact) mass is 459 g/mol. The first-order valence-electron chi connectivity index (χ1n) is 12.5. The highest BCUT2D eigenvalue weighted by atomic mass is 16.5. The van der Waals surface area contributed by atoms with E-state index in [9.17, 15) is 4.79 Å². The van der Waals surface area contributed by atoms with Crippen LogP contribution in [0.5, 0.6) is 11.5 Å². The van der Waals surface area contributed by atoms with E-state index < -0.39 is 5.60 Å². The maximum Gasteiger partial charge on any atom is 0.264 e. The van der Waals surface area contributed by atoms with Crippen LogP contribution in [0.2, 0.25) is 0 Å². The molecule has 6 heteroatoms. The standard InChI is InChI=1S/C28H33N3O3/c1-2-31-23(15-18-30-31)20-29-27(32)28(16-7-4-8-17-28)34-24-12-14-26-22(19-24)11-13-25(33-26)21-9-5-3-6-10-21/h3,5-6,9-10,12,14-15,18-19,25H,2,4,7-8,11,13,16-17,20H2,1H3,(H,29,32). The minimum Gasteiger partial charge on any atom is -0.485 e. The fourth-order valence-electron chi connectivity index (χ4n) is 5.18. The molecule has 1 aromatic heterocycles. The normalized spacial score (nSPS) is 19.0. The predicted octanol–water partition coefficient (Wildman–Crippen LogP) is 5.37. The lowest BCUT2D eigenvalue weighted by Crippen LogP contribution is -2.52. The highest BCUT2D eigenvalue weighted by Crippen LogP contribution is 2.39. The van der Waals surface area contributed by atoms with Gasteiger partial charge in [-0.1, -0.05) is 36.8 Å². The largest absolute Gasteiger partial charge is 0.485 e. The lowest BCUT2D eigenvalue weighted by atomic mass is 9.83. The summed E-state index contributed by atoms with van der Waals surface area (Å²) < 4.78 is 14.7. The molecule has 2 heterocycles. The van der Waals surface area contributed by atoms with Crippen molar-refractivity contribution in [1.82, 2.24) is 15.1 Å². The molecule has 2 aromatic carbocycles. The van der Waals surface area contributed by atoms with E-state index in [1.807, 2.05) is 35.9 Å². The summed E-state index contributed by atoms with van der Waals surface area (Å²) in [5, 5.41) is 7.43. The van der Waals surface area contributed by atoms with Crippen molar-refractivity contribution in [1.29, 1.82) is 0 Å². The zero-order valence-corrected chi connectivity index (χ0v) is 19.8. The fourth-order valence-corrected chi connectivity index (χ4v) is 5.18. The highest BCUT2D eigenvalue weighted by molar-refractivity contribution is 5.85. The second-order valence-electron chi connectivity index (χ2n) is 9.30. The average Bonchev–Trinajstić information content (AvgIpc) is 3.35. The van der Waals surface area contributed by atoms with Crippen LogP contribution in [0.1, 0.15) is 68.4 Å². The van der Waals surface area contributed by atoms with Gasteiger partial charge in [0.1, 0.15) is 17.6 Å². The van der Waals surface area contributed by atoms with Crippen LogP contribution < -0.4 is 14.8 Å². The zero-order chi connectivity index (χ0) is 23.4. The van der Waals surface area contributed by atoms with E-state index in [0.717, 1.165) is 74.2 Å². The van der Waals surface area contributed by atoms with E-state index in [4.69, 9.17) is 9.47 Å². The van der Waals surface area contributed by atoms with Crippen molar-refractivity contribution in [2.24, 2.45) is 0 Å². The van der Waals surface area contributed by atoms with Gasteiger partial charge in [-0.25, -0.2) is 0 Å². The summed E-state index contributed by atoms with van der Waals surface area (Å²) in [6, 6.07) is 18.3. The quantitative estimate of drug-likeness (QED) is 0.516. The van der Waals surface area contributed by atoms with Crippen molar-refractivity contribution < 1.29 is 14.3 Å². The van der Waals surface area contributed by atoms with Crippen molar-refractivity contribution >= 4 is 5.91 Å². The van der Waals surface area contributed by atoms with Gasteiger partial charge in [0.05, 0.1) is 12.2 Å². The third-order valence-electron chi connectivity index (χ3n) is 7.07. The molecule has 0 radical (unpaired) electrons. The number of carbonyl (C=O) groups excluding carboxylic acids is 1. The number of rotatable bonds is 7. The predicted molar refractivity (Wildman–Crippen MR) is 131 cm³/mol. The number of ether oxygens (including phenoxy) is 2. The summed E-state index contributed by atoms with van der Waals surface area (Å²) in [6.07, 6.45) is 8.29. The van der Waals surface area contributed by atoms with Crippen LogP contribution in [0.3, 0.4) is 0 Å². The summed E-state index contributed by atoms with van der Waals surface area (Å²) in [7, 11) is 0. The van der Waals surface area contributed by atoms with Crippen LogP contribution in [0.4, 0.5) is 0 Å². The average molecular weight is 460 g/mol. The summed E-state index contributed by atoms with van der Waals surface area (Å²) in [4.78, 5) is 13.4. The molecule has 0 saturated heterocycles. The summed E-state index contributed by atoms with van der Waals surface area (Å²) >= 11 is 0. The van der Waals surface area contributed by atoms with Gasteiger partial charge >= 0.3 is 0 Å². The number of benzene rings is 2. The van der Waals surface area contributed by atoms with Crippen molar-refractivity contribution in [3.05, 3.63) is 77.6 Å². The van der Waals surface area contributed by atoms with Crippen molar-refractivity contribution in [3.63, 3.8) is 0 Å². The highest BCUT2D eigenvalue weighted by Gasteiger charge is 2.42. The van der Waals surface area contributed by atoms with E-state index in [-0.39, 0.29) is 12.0 Å². The van der Waals surface area contributed by atoms with Gasteiger partial charge in [-0.3, -0.25) is 9.48 Å². The number of aryl methyl sites for hydroxylation is 2. The van der Waals surface area contributed by atoms with Crippen LogP contribution in [-0.2, 0) is 24.3 Å². The molecular weight excluding hydrogens is 426 g/mol. The van der Waals surface area contributed by atoms with Gasteiger partial charge in [-0.2, -0.15) is 5.10 Å². The van der Waals surface area contributed by atoms with Gasteiger partial charge < -0.3 is 14.8 Å². The molecule has 1 unspecified atom stereocenters. The van der Waals surface area contributed by atoms with Crippen LogP contribution in [-0.4, -0.2) is 21.3 Å². The number of amides is 1. The van der Waals surface area contributed by atoms with Crippen LogP contribution >= 0.6 is 0 Å². The Morgan fingerprint density at radius 3 is 2.76 bits per heavy atom. The molecule has 3 aromatic rings. The number of hydrogen-bond acceptors (Lipinski definition) is 4. The number of hydrogen-bond donors (Lipinski definition) is 1. The first kappa shape index (κ1) is 22.5. The molecule has 5 rings (SSSR count). The number of aromatic nitrogens is 2. The Balaban J connectivity index is 1.30. The fraction of sp³-hybridized carbons (Fsp3) is 0.429. The number of nitrogens with one attached hydrogen (secondary N) is 1. The molecular formula is C28H33N3O3. The Morgan fingerprint density at radius 2 is 1.97 bits per heavy atom. The third kappa shape index (κ3) is 4.67. The Hall–Kier alpha value is -3.28. The molecule has 1 amide bonds. The van der Waals surface area contributed by atoms with Crippen molar-refractivity contribution in [2.45, 2.75) is 76.7 Å². The molecule has 1 aliphatic heterocycles. The van der Waals surface area contributed by atoms with Gasteiger partial charge in [-0.05, 0) is 80.8 Å². The van der Waals surface area contributed by atoms with Gasteiger partial charge in [0.2, 0.25) is 0 Å². The molecule has 1 N–H and O–H groups in total. The summed E-state index contributed by atoms with van der Waals surface area (Å²) in [5.41, 5.74) is 2.52.